The fourth-order valence-corrected chi connectivity index (χ4v) is 2.45. The van der Waals surface area contributed by atoms with E-state index in [0.717, 1.165) is 5.56 Å². The predicted octanol–water partition coefficient (Wildman–Crippen LogP) is 5.03. The van der Waals surface area contributed by atoms with Crippen LogP contribution in [0.25, 0.3) is 0 Å². The maximum absolute atomic E-state index is 12.4. The van der Waals surface area contributed by atoms with Gasteiger partial charge in [0, 0.05) is 6.20 Å². The summed E-state index contributed by atoms with van der Waals surface area (Å²) in [6.45, 7) is 5.66. The summed E-state index contributed by atoms with van der Waals surface area (Å²) in [5.74, 6) is -0.248. The van der Waals surface area contributed by atoms with E-state index in [2.05, 4.69) is 20.9 Å². The lowest BCUT2D eigenvalue weighted by Gasteiger charge is -2.21. The molecule has 122 valence electrons. The molecule has 0 aliphatic rings. The number of benzene rings is 1. The van der Waals surface area contributed by atoms with Crippen molar-refractivity contribution in [1.82, 2.24) is 4.98 Å². The van der Waals surface area contributed by atoms with Gasteiger partial charge in [0.05, 0.1) is 4.47 Å². The summed E-state index contributed by atoms with van der Waals surface area (Å²) in [5, 5.41) is 0.0468. The molecule has 2 rings (SSSR count). The molecule has 1 aromatic heterocycles. The summed E-state index contributed by atoms with van der Waals surface area (Å²) in [6.07, 6.45) is 1.50. The van der Waals surface area contributed by atoms with Crippen LogP contribution in [0.15, 0.2) is 41.0 Å². The number of halogens is 2. The van der Waals surface area contributed by atoms with E-state index in [1.54, 1.807) is 20.8 Å². The minimum atomic E-state index is -0.639. The molecule has 2 aromatic rings. The Morgan fingerprint density at radius 3 is 2.52 bits per heavy atom. The summed E-state index contributed by atoms with van der Waals surface area (Å²) in [7, 11) is 0. The van der Waals surface area contributed by atoms with E-state index in [-0.39, 0.29) is 10.7 Å². The lowest BCUT2D eigenvalue weighted by Crippen LogP contribution is -2.24. The lowest BCUT2D eigenvalue weighted by molar-refractivity contribution is 0.00650. The van der Waals surface area contributed by atoms with Gasteiger partial charge >= 0.3 is 5.97 Å². The molecular formula is C17H17BrClNO3. The first-order chi connectivity index (χ1) is 10.8. The third-order valence-electron chi connectivity index (χ3n) is 2.77. The van der Waals surface area contributed by atoms with Crippen LogP contribution in [0.5, 0.6) is 5.75 Å². The summed E-state index contributed by atoms with van der Waals surface area (Å²) in [6, 6.07) is 9.63. The van der Waals surface area contributed by atoms with E-state index in [1.165, 1.54) is 6.20 Å². The first kappa shape index (κ1) is 17.8. The molecule has 0 unspecified atom stereocenters. The largest absolute Gasteiger partial charge is 0.487 e. The number of carbonyl (C=O) groups excluding carboxylic acids is 1. The number of hydrogen-bond donors (Lipinski definition) is 0. The van der Waals surface area contributed by atoms with Crippen molar-refractivity contribution in [3.05, 3.63) is 57.3 Å². The van der Waals surface area contributed by atoms with E-state index in [9.17, 15) is 4.79 Å². The van der Waals surface area contributed by atoms with Crippen LogP contribution in [-0.4, -0.2) is 16.6 Å². The minimum absolute atomic E-state index is 0.0468. The van der Waals surface area contributed by atoms with Gasteiger partial charge in [0.1, 0.15) is 22.9 Å². The second-order valence-corrected chi connectivity index (χ2v) is 7.09. The van der Waals surface area contributed by atoms with Crippen LogP contribution in [0.3, 0.4) is 0 Å². The third-order valence-corrected chi connectivity index (χ3v) is 3.62. The summed E-state index contributed by atoms with van der Waals surface area (Å²) in [5.41, 5.74) is 0.453. The van der Waals surface area contributed by atoms with E-state index in [1.807, 2.05) is 30.3 Å². The van der Waals surface area contributed by atoms with Crippen molar-refractivity contribution in [1.29, 1.82) is 0 Å². The maximum atomic E-state index is 12.4. The van der Waals surface area contributed by atoms with Gasteiger partial charge in [0.15, 0.2) is 5.75 Å². The second kappa shape index (κ2) is 7.32. The van der Waals surface area contributed by atoms with Gasteiger partial charge in [-0.05, 0) is 42.3 Å². The predicted molar refractivity (Wildman–Crippen MR) is 92.9 cm³/mol. The molecule has 1 aromatic carbocycles. The molecule has 0 amide bonds. The molecule has 0 fully saturated rings. The Balaban J connectivity index is 2.31. The molecule has 0 atom stereocenters. The zero-order valence-corrected chi connectivity index (χ0v) is 15.4. The average Bonchev–Trinajstić information content (AvgIpc) is 2.47. The van der Waals surface area contributed by atoms with Crippen LogP contribution in [0, 0.1) is 0 Å². The van der Waals surface area contributed by atoms with Crippen molar-refractivity contribution in [2.75, 3.05) is 0 Å². The molecule has 0 radical (unpaired) electrons. The molecule has 0 aliphatic carbocycles. The van der Waals surface area contributed by atoms with E-state index >= 15 is 0 Å². The molecular weight excluding hydrogens is 382 g/mol. The van der Waals surface area contributed by atoms with Crippen molar-refractivity contribution in [2.24, 2.45) is 0 Å². The summed E-state index contributed by atoms with van der Waals surface area (Å²) >= 11 is 9.44. The monoisotopic (exact) mass is 397 g/mol. The number of pyridine rings is 1. The van der Waals surface area contributed by atoms with Crippen molar-refractivity contribution >= 4 is 33.5 Å². The van der Waals surface area contributed by atoms with E-state index < -0.39 is 11.6 Å². The van der Waals surface area contributed by atoms with Crippen LogP contribution < -0.4 is 4.74 Å². The first-order valence-electron chi connectivity index (χ1n) is 7.02. The smallest absolute Gasteiger partial charge is 0.345 e. The van der Waals surface area contributed by atoms with Crippen LogP contribution in [-0.2, 0) is 11.3 Å². The Morgan fingerprint density at radius 2 is 1.91 bits per heavy atom. The lowest BCUT2D eigenvalue weighted by atomic mass is 10.2. The minimum Gasteiger partial charge on any atom is -0.487 e. The van der Waals surface area contributed by atoms with Gasteiger partial charge < -0.3 is 9.47 Å². The molecule has 0 spiro atoms. The molecule has 0 aliphatic heterocycles. The molecule has 4 nitrogen and oxygen atoms in total. The molecule has 0 saturated heterocycles. The second-order valence-electron chi connectivity index (χ2n) is 5.88. The number of nitrogens with zero attached hydrogens (tertiary/aromatic N) is 1. The molecule has 0 N–H and O–H groups in total. The Labute approximate surface area is 148 Å². The van der Waals surface area contributed by atoms with Gasteiger partial charge in [-0.2, -0.15) is 0 Å². The highest BCUT2D eigenvalue weighted by Crippen LogP contribution is 2.34. The molecule has 23 heavy (non-hydrogen) atoms. The van der Waals surface area contributed by atoms with Crippen molar-refractivity contribution in [2.45, 2.75) is 33.0 Å². The topological polar surface area (TPSA) is 48.4 Å². The number of ether oxygens (including phenoxy) is 2. The first-order valence-corrected chi connectivity index (χ1v) is 8.19. The molecule has 0 saturated carbocycles. The number of aromatic nitrogens is 1. The van der Waals surface area contributed by atoms with E-state index in [0.29, 0.717) is 16.8 Å². The van der Waals surface area contributed by atoms with Gasteiger partial charge in [-0.3, -0.25) is 0 Å². The number of rotatable bonds is 4. The van der Waals surface area contributed by atoms with Gasteiger partial charge in [0.25, 0.3) is 0 Å². The van der Waals surface area contributed by atoms with Crippen LogP contribution >= 0.6 is 27.5 Å². The van der Waals surface area contributed by atoms with Crippen molar-refractivity contribution in [3.8, 4) is 5.75 Å². The van der Waals surface area contributed by atoms with Gasteiger partial charge in [-0.25, -0.2) is 9.78 Å². The SMILES string of the molecule is CC(C)(C)OC(=O)c1c(Cl)ncc(Br)c1OCc1ccccc1. The van der Waals surface area contributed by atoms with Crippen molar-refractivity contribution < 1.29 is 14.3 Å². The maximum Gasteiger partial charge on any atom is 0.345 e. The number of esters is 1. The highest BCUT2D eigenvalue weighted by molar-refractivity contribution is 9.10. The Hall–Kier alpha value is -1.59. The van der Waals surface area contributed by atoms with E-state index in [4.69, 9.17) is 21.1 Å². The highest BCUT2D eigenvalue weighted by Gasteiger charge is 2.26. The normalized spacial score (nSPS) is 11.2. The summed E-state index contributed by atoms with van der Waals surface area (Å²) < 4.78 is 11.7. The van der Waals surface area contributed by atoms with Crippen LogP contribution in [0.1, 0.15) is 36.7 Å². The molecule has 1 heterocycles. The van der Waals surface area contributed by atoms with Gasteiger partial charge in [-0.15, -0.1) is 0 Å². The number of carbonyl (C=O) groups is 1. The fraction of sp³-hybridized carbons (Fsp3) is 0.294. The zero-order chi connectivity index (χ0) is 17.0. The number of hydrogen-bond acceptors (Lipinski definition) is 4. The Morgan fingerprint density at radius 1 is 1.26 bits per heavy atom. The van der Waals surface area contributed by atoms with Gasteiger partial charge in [-0.1, -0.05) is 41.9 Å². The third kappa shape index (κ3) is 4.94. The summed E-state index contributed by atoms with van der Waals surface area (Å²) in [4.78, 5) is 16.4. The van der Waals surface area contributed by atoms with Crippen LogP contribution in [0.4, 0.5) is 0 Å². The Bertz CT molecular complexity index is 699. The molecule has 0 bridgehead atoms. The zero-order valence-electron chi connectivity index (χ0n) is 13.1. The van der Waals surface area contributed by atoms with Gasteiger partial charge in [0.2, 0.25) is 0 Å². The molecule has 6 heteroatoms. The standard InChI is InChI=1S/C17H17BrClNO3/c1-17(2,3)23-16(21)13-14(12(18)9-20-15(13)19)22-10-11-7-5-4-6-8-11/h4-9H,10H2,1-3H3. The van der Waals surface area contributed by atoms with Crippen LogP contribution in [0.2, 0.25) is 5.15 Å². The Kier molecular flexibility index (Phi) is 5.65. The highest BCUT2D eigenvalue weighted by atomic mass is 79.9. The fourth-order valence-electron chi connectivity index (χ4n) is 1.83. The average molecular weight is 399 g/mol. The van der Waals surface area contributed by atoms with Crippen molar-refractivity contribution in [3.63, 3.8) is 0 Å². The quantitative estimate of drug-likeness (QED) is 0.535.